The van der Waals surface area contributed by atoms with E-state index in [0.29, 0.717) is 22.8 Å². The molecule has 0 spiro atoms. The molecule has 0 saturated heterocycles. The lowest BCUT2D eigenvalue weighted by Gasteiger charge is -2.15. The molecule has 20 heavy (non-hydrogen) atoms. The summed E-state index contributed by atoms with van der Waals surface area (Å²) in [5, 5.41) is 12.4. The molecule has 0 unspecified atom stereocenters. The third-order valence-electron chi connectivity index (χ3n) is 3.16. The average Bonchev–Trinajstić information content (AvgIpc) is 2.90. The van der Waals surface area contributed by atoms with Crippen LogP contribution in [0, 0.1) is 13.8 Å². The SMILES string of the molecule is COc1cc(C)c(C)c(-c2cc(C(=O)O)no2)c1OC. The van der Waals surface area contributed by atoms with Crippen molar-refractivity contribution in [1.82, 2.24) is 5.16 Å². The largest absolute Gasteiger partial charge is 0.493 e. The number of benzene rings is 1. The van der Waals surface area contributed by atoms with Crippen LogP contribution in [0.25, 0.3) is 11.3 Å². The van der Waals surface area contributed by atoms with Crippen LogP contribution in [0.5, 0.6) is 11.5 Å². The summed E-state index contributed by atoms with van der Waals surface area (Å²) >= 11 is 0. The maximum absolute atomic E-state index is 10.9. The molecular formula is C14H15NO5. The molecule has 0 bridgehead atoms. The van der Waals surface area contributed by atoms with Gasteiger partial charge in [0.15, 0.2) is 23.0 Å². The molecule has 1 heterocycles. The third kappa shape index (κ3) is 2.20. The number of carboxylic acids is 1. The minimum absolute atomic E-state index is 0.151. The Bertz CT molecular complexity index is 660. The number of nitrogens with zero attached hydrogens (tertiary/aromatic N) is 1. The smallest absolute Gasteiger partial charge is 0.358 e. The fourth-order valence-electron chi connectivity index (χ4n) is 2.01. The summed E-state index contributed by atoms with van der Waals surface area (Å²) in [5.74, 6) is 0.234. The predicted octanol–water partition coefficient (Wildman–Crippen LogP) is 2.67. The molecule has 0 radical (unpaired) electrons. The van der Waals surface area contributed by atoms with Gasteiger partial charge >= 0.3 is 5.97 Å². The molecule has 0 aliphatic carbocycles. The lowest BCUT2D eigenvalue weighted by Crippen LogP contribution is -1.97. The Kier molecular flexibility index (Phi) is 3.65. The number of rotatable bonds is 4. The zero-order valence-electron chi connectivity index (χ0n) is 11.7. The zero-order chi connectivity index (χ0) is 14.9. The molecule has 1 aromatic heterocycles. The van der Waals surface area contributed by atoms with Gasteiger partial charge in [0.25, 0.3) is 0 Å². The Hall–Kier alpha value is -2.50. The monoisotopic (exact) mass is 277 g/mol. The van der Waals surface area contributed by atoms with Gasteiger partial charge in [0.1, 0.15) is 0 Å². The van der Waals surface area contributed by atoms with Crippen LogP contribution in [-0.2, 0) is 0 Å². The first-order valence-corrected chi connectivity index (χ1v) is 5.92. The predicted molar refractivity (Wildman–Crippen MR) is 71.5 cm³/mol. The van der Waals surface area contributed by atoms with Crippen LogP contribution in [0.2, 0.25) is 0 Å². The van der Waals surface area contributed by atoms with Crippen molar-refractivity contribution < 1.29 is 23.9 Å². The van der Waals surface area contributed by atoms with E-state index in [1.54, 1.807) is 7.11 Å². The first-order valence-electron chi connectivity index (χ1n) is 5.92. The topological polar surface area (TPSA) is 81.8 Å². The van der Waals surface area contributed by atoms with Gasteiger partial charge in [-0.1, -0.05) is 5.16 Å². The Labute approximate surface area is 115 Å². The van der Waals surface area contributed by atoms with E-state index in [2.05, 4.69) is 5.16 Å². The van der Waals surface area contributed by atoms with Gasteiger partial charge in [0.2, 0.25) is 0 Å². The maximum atomic E-state index is 10.9. The zero-order valence-corrected chi connectivity index (χ0v) is 11.7. The Morgan fingerprint density at radius 3 is 2.45 bits per heavy atom. The van der Waals surface area contributed by atoms with E-state index >= 15 is 0 Å². The highest BCUT2D eigenvalue weighted by atomic mass is 16.5. The van der Waals surface area contributed by atoms with Gasteiger partial charge in [0, 0.05) is 6.07 Å². The van der Waals surface area contributed by atoms with Crippen LogP contribution in [0.3, 0.4) is 0 Å². The van der Waals surface area contributed by atoms with Crippen LogP contribution in [-0.4, -0.2) is 30.5 Å². The number of hydrogen-bond acceptors (Lipinski definition) is 5. The van der Waals surface area contributed by atoms with Crippen LogP contribution < -0.4 is 9.47 Å². The molecule has 0 saturated carbocycles. The van der Waals surface area contributed by atoms with Crippen LogP contribution >= 0.6 is 0 Å². The Morgan fingerprint density at radius 2 is 1.95 bits per heavy atom. The van der Waals surface area contributed by atoms with Crippen molar-refractivity contribution >= 4 is 5.97 Å². The standard InChI is InChI=1S/C14H15NO5/c1-7-5-11(18-3)13(19-4)12(8(7)2)10-6-9(14(16)17)15-20-10/h5-6H,1-4H3,(H,16,17). The number of carbonyl (C=O) groups is 1. The van der Waals surface area contributed by atoms with E-state index in [1.807, 2.05) is 19.9 Å². The minimum atomic E-state index is -1.14. The summed E-state index contributed by atoms with van der Waals surface area (Å²) in [7, 11) is 3.06. The van der Waals surface area contributed by atoms with Crippen LogP contribution in [0.1, 0.15) is 21.6 Å². The summed E-state index contributed by atoms with van der Waals surface area (Å²) in [6.07, 6.45) is 0. The fraction of sp³-hybridized carbons (Fsp3) is 0.286. The number of aromatic carboxylic acids is 1. The lowest BCUT2D eigenvalue weighted by molar-refractivity contribution is 0.0686. The van der Waals surface area contributed by atoms with Gasteiger partial charge in [-0.15, -0.1) is 0 Å². The first kappa shape index (κ1) is 13.9. The number of methoxy groups -OCH3 is 2. The van der Waals surface area contributed by atoms with E-state index in [0.717, 1.165) is 11.1 Å². The van der Waals surface area contributed by atoms with Crippen molar-refractivity contribution in [3.8, 4) is 22.8 Å². The lowest BCUT2D eigenvalue weighted by atomic mass is 9.99. The Morgan fingerprint density at radius 1 is 1.25 bits per heavy atom. The summed E-state index contributed by atoms with van der Waals surface area (Å²) in [5.41, 5.74) is 2.38. The molecular weight excluding hydrogens is 262 g/mol. The summed E-state index contributed by atoms with van der Waals surface area (Å²) in [6.45, 7) is 3.82. The second kappa shape index (κ2) is 5.24. The first-order chi connectivity index (χ1) is 9.49. The normalized spacial score (nSPS) is 10.4. The molecule has 2 aromatic rings. The quantitative estimate of drug-likeness (QED) is 0.925. The number of aryl methyl sites for hydroxylation is 1. The molecule has 0 atom stereocenters. The molecule has 1 N–H and O–H groups in total. The highest BCUT2D eigenvalue weighted by molar-refractivity contribution is 5.87. The van der Waals surface area contributed by atoms with Gasteiger partial charge < -0.3 is 19.1 Å². The number of aromatic nitrogens is 1. The summed E-state index contributed by atoms with van der Waals surface area (Å²) in [6, 6.07) is 3.22. The molecule has 6 heteroatoms. The molecule has 0 fully saturated rings. The molecule has 0 aliphatic rings. The van der Waals surface area contributed by atoms with Crippen molar-refractivity contribution in [1.29, 1.82) is 0 Å². The van der Waals surface area contributed by atoms with Crippen molar-refractivity contribution in [3.05, 3.63) is 29.0 Å². The van der Waals surface area contributed by atoms with E-state index in [1.165, 1.54) is 13.2 Å². The molecule has 1 aromatic carbocycles. The molecule has 2 rings (SSSR count). The number of hydrogen-bond donors (Lipinski definition) is 1. The Balaban J connectivity index is 2.70. The van der Waals surface area contributed by atoms with Gasteiger partial charge in [-0.3, -0.25) is 0 Å². The van der Waals surface area contributed by atoms with E-state index in [-0.39, 0.29) is 5.69 Å². The fourth-order valence-corrected chi connectivity index (χ4v) is 2.01. The van der Waals surface area contributed by atoms with Gasteiger partial charge in [-0.05, 0) is 31.0 Å². The van der Waals surface area contributed by atoms with Crippen molar-refractivity contribution in [2.45, 2.75) is 13.8 Å². The highest BCUT2D eigenvalue weighted by Gasteiger charge is 2.22. The summed E-state index contributed by atoms with van der Waals surface area (Å²) in [4.78, 5) is 10.9. The van der Waals surface area contributed by atoms with E-state index in [9.17, 15) is 4.79 Å². The van der Waals surface area contributed by atoms with Crippen molar-refractivity contribution in [3.63, 3.8) is 0 Å². The number of carboxylic acid groups (broad SMARTS) is 1. The van der Waals surface area contributed by atoms with E-state index < -0.39 is 5.97 Å². The average molecular weight is 277 g/mol. The summed E-state index contributed by atoms with van der Waals surface area (Å²) < 4.78 is 15.8. The van der Waals surface area contributed by atoms with Gasteiger partial charge in [-0.25, -0.2) is 4.79 Å². The van der Waals surface area contributed by atoms with Gasteiger partial charge in [0.05, 0.1) is 19.8 Å². The van der Waals surface area contributed by atoms with Gasteiger partial charge in [-0.2, -0.15) is 0 Å². The van der Waals surface area contributed by atoms with Crippen LogP contribution in [0.15, 0.2) is 16.7 Å². The molecule has 0 amide bonds. The van der Waals surface area contributed by atoms with Crippen LogP contribution in [0.4, 0.5) is 0 Å². The third-order valence-corrected chi connectivity index (χ3v) is 3.16. The molecule has 0 aliphatic heterocycles. The van der Waals surface area contributed by atoms with E-state index in [4.69, 9.17) is 19.1 Å². The highest BCUT2D eigenvalue weighted by Crippen LogP contribution is 2.42. The minimum Gasteiger partial charge on any atom is -0.493 e. The second-order valence-electron chi connectivity index (χ2n) is 4.31. The molecule has 106 valence electrons. The second-order valence-corrected chi connectivity index (χ2v) is 4.31. The van der Waals surface area contributed by atoms with Crippen molar-refractivity contribution in [2.75, 3.05) is 14.2 Å². The number of ether oxygens (including phenoxy) is 2. The molecule has 6 nitrogen and oxygen atoms in total. The maximum Gasteiger partial charge on any atom is 0.358 e. The van der Waals surface area contributed by atoms with Crippen molar-refractivity contribution in [2.24, 2.45) is 0 Å².